The van der Waals surface area contributed by atoms with Crippen LogP contribution in [0.15, 0.2) is 23.3 Å². The molecule has 13 heavy (non-hydrogen) atoms. The van der Waals surface area contributed by atoms with Gasteiger partial charge in [-0.2, -0.15) is 0 Å². The van der Waals surface area contributed by atoms with Crippen LogP contribution in [0.3, 0.4) is 0 Å². The maximum absolute atomic E-state index is 10.2. The average molecular weight is 182 g/mol. The van der Waals surface area contributed by atoms with Crippen molar-refractivity contribution in [3.63, 3.8) is 0 Å². The Morgan fingerprint density at radius 3 is 2.54 bits per heavy atom. The Kier molecular flexibility index (Phi) is 7.21. The van der Waals surface area contributed by atoms with E-state index in [1.807, 2.05) is 13.0 Å². The Bertz CT molecular complexity index is 202. The average Bonchev–Trinajstić information content (AvgIpc) is 2.14. The zero-order valence-corrected chi connectivity index (χ0v) is 8.67. The van der Waals surface area contributed by atoms with Gasteiger partial charge in [-0.25, -0.2) is 0 Å². The molecule has 0 fully saturated rings. The first-order valence-electron chi connectivity index (χ1n) is 4.47. The molecule has 0 saturated heterocycles. The second-order valence-corrected chi connectivity index (χ2v) is 3.11. The highest BCUT2D eigenvalue weighted by Crippen LogP contribution is 2.05. The lowest BCUT2D eigenvalue weighted by Gasteiger charge is -1.97. The molecule has 0 bridgehead atoms. The third kappa shape index (κ3) is 7.47. The molecular formula is C11H18O2. The monoisotopic (exact) mass is 182 g/mol. The van der Waals surface area contributed by atoms with Crippen LogP contribution < -0.4 is 0 Å². The minimum atomic E-state index is 0.669. The number of carbonyl (C=O) groups excluding carboxylic acids is 1. The molecule has 0 aromatic carbocycles. The van der Waals surface area contributed by atoms with Crippen LogP contribution in [0.25, 0.3) is 0 Å². The zero-order chi connectivity index (χ0) is 10.1. The third-order valence-corrected chi connectivity index (χ3v) is 1.79. The summed E-state index contributed by atoms with van der Waals surface area (Å²) in [5, 5.41) is 0. The predicted octanol–water partition coefficient (Wildman–Crippen LogP) is 2.50. The topological polar surface area (TPSA) is 26.3 Å². The first-order valence-corrected chi connectivity index (χ1v) is 4.47. The Morgan fingerprint density at radius 2 is 2.00 bits per heavy atom. The molecule has 0 unspecified atom stereocenters. The van der Waals surface area contributed by atoms with Crippen LogP contribution in [0.5, 0.6) is 0 Å². The maximum atomic E-state index is 10.2. The molecule has 2 nitrogen and oxygen atoms in total. The number of methoxy groups -OCH3 is 1. The fourth-order valence-electron chi connectivity index (χ4n) is 0.903. The van der Waals surface area contributed by atoms with Crippen molar-refractivity contribution in [1.29, 1.82) is 0 Å². The van der Waals surface area contributed by atoms with E-state index < -0.39 is 0 Å². The van der Waals surface area contributed by atoms with E-state index in [9.17, 15) is 4.79 Å². The summed E-state index contributed by atoms with van der Waals surface area (Å²) in [7, 11) is 1.68. The van der Waals surface area contributed by atoms with Crippen molar-refractivity contribution < 1.29 is 9.53 Å². The molecule has 0 amide bonds. The van der Waals surface area contributed by atoms with Crippen molar-refractivity contribution in [2.45, 2.75) is 26.7 Å². The first-order chi connectivity index (χ1) is 6.20. The van der Waals surface area contributed by atoms with E-state index in [0.29, 0.717) is 6.61 Å². The summed E-state index contributed by atoms with van der Waals surface area (Å²) >= 11 is 0. The molecule has 0 saturated carbocycles. The highest BCUT2D eigenvalue weighted by molar-refractivity contribution is 5.71. The number of carbonyl (C=O) groups is 1. The molecule has 74 valence electrons. The van der Waals surface area contributed by atoms with Crippen LogP contribution in [-0.2, 0) is 9.53 Å². The number of ether oxygens (including phenoxy) is 1. The van der Waals surface area contributed by atoms with Crippen molar-refractivity contribution in [1.82, 2.24) is 0 Å². The summed E-state index contributed by atoms with van der Waals surface area (Å²) in [6.45, 7) is 4.56. The highest BCUT2D eigenvalue weighted by atomic mass is 16.5. The fourth-order valence-corrected chi connectivity index (χ4v) is 0.903. The molecule has 0 heterocycles. The van der Waals surface area contributed by atoms with Crippen LogP contribution in [0.2, 0.25) is 0 Å². The summed E-state index contributed by atoms with van der Waals surface area (Å²) in [4.78, 5) is 10.2. The van der Waals surface area contributed by atoms with Gasteiger partial charge in [0.05, 0.1) is 6.61 Å². The maximum Gasteiger partial charge on any atom is 0.145 e. The summed E-state index contributed by atoms with van der Waals surface area (Å²) in [5.74, 6) is 0. The third-order valence-electron chi connectivity index (χ3n) is 1.79. The van der Waals surface area contributed by atoms with Gasteiger partial charge in [0.25, 0.3) is 0 Å². The molecule has 0 aromatic rings. The quantitative estimate of drug-likeness (QED) is 0.358. The predicted molar refractivity (Wildman–Crippen MR) is 54.7 cm³/mol. The van der Waals surface area contributed by atoms with E-state index in [4.69, 9.17) is 4.74 Å². The summed E-state index contributed by atoms with van der Waals surface area (Å²) in [6.07, 6.45) is 6.82. The second kappa shape index (κ2) is 7.74. The van der Waals surface area contributed by atoms with E-state index in [1.54, 1.807) is 7.11 Å². The lowest BCUT2D eigenvalue weighted by atomic mass is 10.1. The van der Waals surface area contributed by atoms with Crippen molar-refractivity contribution in [2.75, 3.05) is 13.7 Å². The lowest BCUT2D eigenvalue weighted by molar-refractivity contribution is -0.104. The fraction of sp³-hybridized carbons (Fsp3) is 0.545. The number of hydrogen-bond acceptors (Lipinski definition) is 2. The molecule has 0 spiro atoms. The van der Waals surface area contributed by atoms with E-state index in [2.05, 4.69) is 13.0 Å². The van der Waals surface area contributed by atoms with Crippen LogP contribution in [-0.4, -0.2) is 20.0 Å². The normalized spacial score (nSPS) is 13.2. The summed E-state index contributed by atoms with van der Waals surface area (Å²) in [6, 6.07) is 0. The van der Waals surface area contributed by atoms with Crippen molar-refractivity contribution in [3.05, 3.63) is 23.3 Å². The van der Waals surface area contributed by atoms with E-state index in [1.165, 1.54) is 5.57 Å². The van der Waals surface area contributed by atoms with E-state index >= 15 is 0 Å². The Balaban J connectivity index is 3.69. The van der Waals surface area contributed by atoms with Crippen LogP contribution in [0.1, 0.15) is 26.7 Å². The molecule has 0 radical (unpaired) electrons. The van der Waals surface area contributed by atoms with Crippen LogP contribution in [0.4, 0.5) is 0 Å². The molecule has 0 atom stereocenters. The molecule has 0 aromatic heterocycles. The minimum absolute atomic E-state index is 0.669. The summed E-state index contributed by atoms with van der Waals surface area (Å²) < 4.78 is 4.91. The number of aldehydes is 1. The summed E-state index contributed by atoms with van der Waals surface area (Å²) in [5.41, 5.74) is 2.11. The van der Waals surface area contributed by atoms with E-state index in [-0.39, 0.29) is 0 Å². The van der Waals surface area contributed by atoms with Crippen molar-refractivity contribution in [3.8, 4) is 0 Å². The van der Waals surface area contributed by atoms with Gasteiger partial charge in [0.15, 0.2) is 0 Å². The number of rotatable bonds is 6. The van der Waals surface area contributed by atoms with Gasteiger partial charge in [-0.05, 0) is 32.3 Å². The molecule has 0 aliphatic rings. The van der Waals surface area contributed by atoms with E-state index in [0.717, 1.165) is 24.7 Å². The SMILES string of the molecule is COCC=C(C)CCC=C(C)C=O. The lowest BCUT2D eigenvalue weighted by Crippen LogP contribution is -1.85. The van der Waals surface area contributed by atoms with Gasteiger partial charge in [0, 0.05) is 7.11 Å². The molecule has 0 aliphatic carbocycles. The first kappa shape index (κ1) is 12.1. The van der Waals surface area contributed by atoms with Gasteiger partial charge >= 0.3 is 0 Å². The molecule has 0 N–H and O–H groups in total. The Morgan fingerprint density at radius 1 is 1.31 bits per heavy atom. The number of hydrogen-bond donors (Lipinski definition) is 0. The van der Waals surface area contributed by atoms with Gasteiger partial charge < -0.3 is 4.74 Å². The standard InChI is InChI=1S/C11H18O2/c1-10(7-8-13-3)5-4-6-11(2)9-12/h6-7,9H,4-5,8H2,1-3H3. The zero-order valence-electron chi connectivity index (χ0n) is 8.67. The van der Waals surface area contributed by atoms with Gasteiger partial charge in [-0.1, -0.05) is 17.7 Å². The molecule has 2 heteroatoms. The van der Waals surface area contributed by atoms with Gasteiger partial charge in [-0.15, -0.1) is 0 Å². The Labute approximate surface area is 80.3 Å². The largest absolute Gasteiger partial charge is 0.381 e. The Hall–Kier alpha value is -0.890. The van der Waals surface area contributed by atoms with Gasteiger partial charge in [-0.3, -0.25) is 4.79 Å². The van der Waals surface area contributed by atoms with Crippen molar-refractivity contribution >= 4 is 6.29 Å². The molecular weight excluding hydrogens is 164 g/mol. The highest BCUT2D eigenvalue weighted by Gasteiger charge is 1.89. The van der Waals surface area contributed by atoms with Gasteiger partial charge in [0.2, 0.25) is 0 Å². The second-order valence-electron chi connectivity index (χ2n) is 3.11. The minimum Gasteiger partial charge on any atom is -0.381 e. The van der Waals surface area contributed by atoms with Gasteiger partial charge in [0.1, 0.15) is 6.29 Å². The van der Waals surface area contributed by atoms with Crippen molar-refractivity contribution in [2.24, 2.45) is 0 Å². The number of allylic oxidation sites excluding steroid dienone is 3. The molecule has 0 aliphatic heterocycles. The molecule has 0 rings (SSSR count). The van der Waals surface area contributed by atoms with Crippen LogP contribution in [0, 0.1) is 0 Å². The smallest absolute Gasteiger partial charge is 0.145 e. The van der Waals surface area contributed by atoms with Crippen LogP contribution >= 0.6 is 0 Å².